The Bertz CT molecular complexity index is 519. The molecule has 0 saturated carbocycles. The van der Waals surface area contributed by atoms with Gasteiger partial charge in [0.15, 0.2) is 5.01 Å². The van der Waals surface area contributed by atoms with E-state index in [1.165, 1.54) is 11.3 Å². The molecule has 0 spiro atoms. The number of benzene rings is 1. The molecule has 96 valence electrons. The molecule has 3 nitrogen and oxygen atoms in total. The Morgan fingerprint density at radius 1 is 1.17 bits per heavy atom. The quantitative estimate of drug-likeness (QED) is 0.847. The van der Waals surface area contributed by atoms with Gasteiger partial charge in [-0.3, -0.25) is 4.79 Å². The molecule has 0 unspecified atom stereocenters. The lowest BCUT2D eigenvalue weighted by atomic mass is 10.2. The average Bonchev–Trinajstić information content (AvgIpc) is 2.71. The Morgan fingerprint density at radius 2 is 1.78 bits per heavy atom. The van der Waals surface area contributed by atoms with Crippen LogP contribution in [0.2, 0.25) is 0 Å². The summed E-state index contributed by atoms with van der Waals surface area (Å²) >= 11 is 1.47. The first-order valence-corrected chi connectivity index (χ1v) is 7.00. The highest BCUT2D eigenvalue weighted by atomic mass is 32.1. The molecular formula is C14H18N2OS. The van der Waals surface area contributed by atoms with Gasteiger partial charge in [0.05, 0.1) is 10.2 Å². The highest BCUT2D eigenvalue weighted by Crippen LogP contribution is 2.23. The minimum Gasteiger partial charge on any atom is -0.332 e. The predicted molar refractivity (Wildman–Crippen MR) is 76.1 cm³/mol. The van der Waals surface area contributed by atoms with Crippen LogP contribution in [0, 0.1) is 0 Å². The van der Waals surface area contributed by atoms with Crippen LogP contribution >= 0.6 is 11.3 Å². The van der Waals surface area contributed by atoms with Crippen LogP contribution in [0.15, 0.2) is 24.3 Å². The van der Waals surface area contributed by atoms with Crippen LogP contribution in [0.5, 0.6) is 0 Å². The third kappa shape index (κ3) is 2.38. The number of amides is 1. The van der Waals surface area contributed by atoms with Crippen LogP contribution in [-0.4, -0.2) is 27.9 Å². The molecule has 2 aromatic rings. The van der Waals surface area contributed by atoms with Crippen molar-refractivity contribution >= 4 is 27.5 Å². The summed E-state index contributed by atoms with van der Waals surface area (Å²) in [7, 11) is 0. The van der Waals surface area contributed by atoms with Gasteiger partial charge < -0.3 is 4.90 Å². The second-order valence-corrected chi connectivity index (χ2v) is 5.92. The first-order valence-electron chi connectivity index (χ1n) is 6.19. The molecule has 1 heterocycles. The van der Waals surface area contributed by atoms with Gasteiger partial charge in [0, 0.05) is 12.1 Å². The van der Waals surface area contributed by atoms with Crippen molar-refractivity contribution in [2.45, 2.75) is 39.8 Å². The van der Waals surface area contributed by atoms with Gasteiger partial charge >= 0.3 is 0 Å². The molecule has 0 saturated heterocycles. The van der Waals surface area contributed by atoms with Gasteiger partial charge in [-0.25, -0.2) is 4.98 Å². The molecule has 0 atom stereocenters. The molecule has 18 heavy (non-hydrogen) atoms. The van der Waals surface area contributed by atoms with Crippen molar-refractivity contribution < 1.29 is 4.79 Å². The third-order valence-corrected chi connectivity index (χ3v) is 3.85. The van der Waals surface area contributed by atoms with Crippen molar-refractivity contribution in [3.63, 3.8) is 0 Å². The first-order chi connectivity index (χ1) is 8.50. The molecule has 4 heteroatoms. The van der Waals surface area contributed by atoms with Gasteiger partial charge in [0.2, 0.25) is 0 Å². The summed E-state index contributed by atoms with van der Waals surface area (Å²) in [4.78, 5) is 18.8. The molecule has 0 aliphatic carbocycles. The SMILES string of the molecule is CC(C)N(C(=O)c1nc2ccccc2s1)C(C)C. The van der Waals surface area contributed by atoms with Gasteiger partial charge in [-0.1, -0.05) is 12.1 Å². The van der Waals surface area contributed by atoms with E-state index in [1.807, 2.05) is 56.9 Å². The number of carbonyl (C=O) groups is 1. The maximum atomic E-state index is 12.5. The van der Waals surface area contributed by atoms with E-state index in [4.69, 9.17) is 0 Å². The zero-order valence-corrected chi connectivity index (χ0v) is 12.0. The van der Waals surface area contributed by atoms with Crippen molar-refractivity contribution in [2.24, 2.45) is 0 Å². The lowest BCUT2D eigenvalue weighted by Gasteiger charge is -2.29. The number of fused-ring (bicyclic) bond motifs is 1. The van der Waals surface area contributed by atoms with Crippen molar-refractivity contribution in [2.75, 3.05) is 0 Å². The second kappa shape index (κ2) is 5.06. The van der Waals surface area contributed by atoms with E-state index >= 15 is 0 Å². The summed E-state index contributed by atoms with van der Waals surface area (Å²) in [5.74, 6) is 0.0289. The average molecular weight is 262 g/mol. The summed E-state index contributed by atoms with van der Waals surface area (Å²) in [5, 5.41) is 0.582. The largest absolute Gasteiger partial charge is 0.332 e. The molecular weight excluding hydrogens is 244 g/mol. The molecule has 0 aliphatic heterocycles. The zero-order chi connectivity index (χ0) is 13.3. The van der Waals surface area contributed by atoms with E-state index < -0.39 is 0 Å². The van der Waals surface area contributed by atoms with Crippen LogP contribution in [0.3, 0.4) is 0 Å². The van der Waals surface area contributed by atoms with Crippen molar-refractivity contribution in [3.8, 4) is 0 Å². The molecule has 0 radical (unpaired) electrons. The van der Waals surface area contributed by atoms with Crippen molar-refractivity contribution in [1.29, 1.82) is 0 Å². The predicted octanol–water partition coefficient (Wildman–Crippen LogP) is 3.56. The number of nitrogens with zero attached hydrogens (tertiary/aromatic N) is 2. The van der Waals surface area contributed by atoms with Gasteiger partial charge in [-0.15, -0.1) is 11.3 Å². The van der Waals surface area contributed by atoms with Crippen LogP contribution in [0.25, 0.3) is 10.2 Å². The van der Waals surface area contributed by atoms with Gasteiger partial charge in [0.25, 0.3) is 5.91 Å². The third-order valence-electron chi connectivity index (χ3n) is 2.82. The normalized spacial score (nSPS) is 11.4. The Labute approximate surface area is 111 Å². The highest BCUT2D eigenvalue weighted by Gasteiger charge is 2.24. The Morgan fingerprint density at radius 3 is 2.33 bits per heavy atom. The Kier molecular flexibility index (Phi) is 3.66. The summed E-state index contributed by atoms with van der Waals surface area (Å²) in [6.07, 6.45) is 0. The van der Waals surface area contributed by atoms with Crippen LogP contribution in [0.1, 0.15) is 37.5 Å². The van der Waals surface area contributed by atoms with Gasteiger partial charge in [0.1, 0.15) is 0 Å². The van der Waals surface area contributed by atoms with Crippen molar-refractivity contribution in [1.82, 2.24) is 9.88 Å². The molecule has 1 amide bonds. The molecule has 2 rings (SSSR count). The number of hydrogen-bond acceptors (Lipinski definition) is 3. The minimum atomic E-state index is 0.0289. The summed E-state index contributed by atoms with van der Waals surface area (Å²) < 4.78 is 1.06. The van der Waals surface area contributed by atoms with E-state index in [9.17, 15) is 4.79 Å². The molecule has 0 bridgehead atoms. The number of carbonyl (C=O) groups excluding carboxylic acids is 1. The van der Waals surface area contributed by atoms with Crippen LogP contribution in [0.4, 0.5) is 0 Å². The zero-order valence-electron chi connectivity index (χ0n) is 11.2. The van der Waals surface area contributed by atoms with E-state index in [-0.39, 0.29) is 18.0 Å². The summed E-state index contributed by atoms with van der Waals surface area (Å²) in [6, 6.07) is 8.22. The minimum absolute atomic E-state index is 0.0289. The number of thiazole rings is 1. The maximum absolute atomic E-state index is 12.5. The standard InChI is InChI=1S/C14H18N2OS/c1-9(2)16(10(3)4)14(17)13-15-11-7-5-6-8-12(11)18-13/h5-10H,1-4H3. The molecule has 0 aliphatic rings. The smallest absolute Gasteiger partial charge is 0.283 e. The highest BCUT2D eigenvalue weighted by molar-refractivity contribution is 7.20. The molecule has 1 aromatic heterocycles. The van der Waals surface area contributed by atoms with Gasteiger partial charge in [-0.05, 0) is 39.8 Å². The lowest BCUT2D eigenvalue weighted by Crippen LogP contribution is -2.42. The van der Waals surface area contributed by atoms with Crippen LogP contribution in [-0.2, 0) is 0 Å². The monoisotopic (exact) mass is 262 g/mol. The fraction of sp³-hybridized carbons (Fsp3) is 0.429. The molecule has 1 aromatic carbocycles. The fourth-order valence-electron chi connectivity index (χ4n) is 2.14. The van der Waals surface area contributed by atoms with Crippen LogP contribution < -0.4 is 0 Å². The second-order valence-electron chi connectivity index (χ2n) is 4.89. The Hall–Kier alpha value is -1.42. The summed E-state index contributed by atoms with van der Waals surface area (Å²) in [5.41, 5.74) is 0.901. The number of hydrogen-bond donors (Lipinski definition) is 0. The fourth-order valence-corrected chi connectivity index (χ4v) is 3.05. The maximum Gasteiger partial charge on any atom is 0.283 e. The first kappa shape index (κ1) is 13.0. The number of aromatic nitrogens is 1. The number of rotatable bonds is 3. The lowest BCUT2D eigenvalue weighted by molar-refractivity contribution is 0.0643. The van der Waals surface area contributed by atoms with E-state index in [2.05, 4.69) is 4.98 Å². The number of para-hydroxylation sites is 1. The van der Waals surface area contributed by atoms with E-state index in [0.717, 1.165) is 10.2 Å². The molecule has 0 N–H and O–H groups in total. The molecule has 0 fully saturated rings. The van der Waals surface area contributed by atoms with Gasteiger partial charge in [-0.2, -0.15) is 0 Å². The topological polar surface area (TPSA) is 33.2 Å². The van der Waals surface area contributed by atoms with E-state index in [0.29, 0.717) is 5.01 Å². The summed E-state index contributed by atoms with van der Waals surface area (Å²) in [6.45, 7) is 8.13. The van der Waals surface area contributed by atoms with Crippen molar-refractivity contribution in [3.05, 3.63) is 29.3 Å². The Balaban J connectivity index is 2.38. The van der Waals surface area contributed by atoms with E-state index in [1.54, 1.807) is 0 Å².